The lowest BCUT2D eigenvalue weighted by Gasteiger charge is -2.19. The van der Waals surface area contributed by atoms with E-state index in [0.29, 0.717) is 16.6 Å². The molecule has 0 bridgehead atoms. The summed E-state index contributed by atoms with van der Waals surface area (Å²) >= 11 is 3.09. The number of hydrogen-bond acceptors (Lipinski definition) is 6. The van der Waals surface area contributed by atoms with E-state index in [1.54, 1.807) is 23.8 Å². The molecule has 34 heavy (non-hydrogen) atoms. The maximum absolute atomic E-state index is 13.8. The SMILES string of the molecule is CCN1C(=C2SC(=Nc3ccc(C)cc3)N(Cc3ccccc3)C2=O)Sc2ccc(OC)cc21. The minimum atomic E-state index is -0.0135. The summed E-state index contributed by atoms with van der Waals surface area (Å²) in [6, 6.07) is 24.2. The van der Waals surface area contributed by atoms with Gasteiger partial charge in [0, 0.05) is 17.5 Å². The number of nitrogens with zero attached hydrogens (tertiary/aromatic N) is 3. The number of methoxy groups -OCH3 is 1. The van der Waals surface area contributed by atoms with Crippen LogP contribution < -0.4 is 9.64 Å². The first-order valence-electron chi connectivity index (χ1n) is 11.1. The fourth-order valence-corrected chi connectivity index (χ4v) is 6.30. The molecule has 0 radical (unpaired) electrons. The number of thioether (sulfide) groups is 2. The van der Waals surface area contributed by atoms with Gasteiger partial charge in [-0.25, -0.2) is 4.99 Å². The average molecular weight is 488 g/mol. The Bertz CT molecular complexity index is 1290. The Morgan fingerprint density at radius 2 is 1.71 bits per heavy atom. The zero-order valence-corrected chi connectivity index (χ0v) is 21.0. The molecule has 5 nitrogen and oxygen atoms in total. The standard InChI is InChI=1S/C27H25N3O2S2/c1-4-29-22-16-21(32-3)14-15-23(22)33-26(29)24-25(31)30(17-19-8-6-5-7-9-19)27(34-24)28-20-12-10-18(2)11-13-20/h5-16H,4,17H2,1-3H3. The number of amidine groups is 1. The fourth-order valence-electron chi connectivity index (χ4n) is 3.93. The molecule has 3 aromatic carbocycles. The largest absolute Gasteiger partial charge is 0.497 e. The Kier molecular flexibility index (Phi) is 6.39. The van der Waals surface area contributed by atoms with Gasteiger partial charge in [0.2, 0.25) is 0 Å². The van der Waals surface area contributed by atoms with E-state index in [4.69, 9.17) is 9.73 Å². The van der Waals surface area contributed by atoms with Crippen molar-refractivity contribution in [2.24, 2.45) is 4.99 Å². The molecule has 0 saturated carbocycles. The molecule has 0 aromatic heterocycles. The third-order valence-electron chi connectivity index (χ3n) is 5.73. The van der Waals surface area contributed by atoms with Crippen molar-refractivity contribution in [1.29, 1.82) is 0 Å². The molecule has 172 valence electrons. The molecular weight excluding hydrogens is 462 g/mol. The highest BCUT2D eigenvalue weighted by molar-refractivity contribution is 8.19. The molecule has 0 unspecified atom stereocenters. The number of hydrogen-bond donors (Lipinski definition) is 0. The van der Waals surface area contributed by atoms with E-state index < -0.39 is 0 Å². The molecule has 7 heteroatoms. The zero-order valence-electron chi connectivity index (χ0n) is 19.3. The van der Waals surface area contributed by atoms with Crippen LogP contribution in [0.25, 0.3) is 0 Å². The number of rotatable bonds is 5. The second-order valence-electron chi connectivity index (χ2n) is 8.02. The highest BCUT2D eigenvalue weighted by atomic mass is 32.2. The first-order chi connectivity index (χ1) is 16.6. The summed E-state index contributed by atoms with van der Waals surface area (Å²) in [5.41, 5.74) is 4.15. The molecule has 2 heterocycles. The molecule has 3 aromatic rings. The smallest absolute Gasteiger partial charge is 0.269 e. The van der Waals surface area contributed by atoms with Crippen LogP contribution in [0.15, 0.2) is 92.6 Å². The molecule has 1 amide bonds. The van der Waals surface area contributed by atoms with Crippen LogP contribution in [-0.2, 0) is 11.3 Å². The van der Waals surface area contributed by atoms with E-state index in [9.17, 15) is 4.79 Å². The van der Waals surface area contributed by atoms with Gasteiger partial charge in [0.1, 0.15) is 15.7 Å². The molecule has 5 rings (SSSR count). The van der Waals surface area contributed by atoms with Gasteiger partial charge in [-0.2, -0.15) is 0 Å². The lowest BCUT2D eigenvalue weighted by atomic mass is 10.2. The third kappa shape index (κ3) is 4.33. The molecular formula is C27H25N3O2S2. The van der Waals surface area contributed by atoms with Crippen molar-refractivity contribution in [2.75, 3.05) is 18.6 Å². The monoisotopic (exact) mass is 487 g/mol. The van der Waals surface area contributed by atoms with E-state index in [1.165, 1.54) is 17.3 Å². The van der Waals surface area contributed by atoms with Gasteiger partial charge in [-0.1, -0.05) is 59.8 Å². The minimum absolute atomic E-state index is 0.0135. The second kappa shape index (κ2) is 9.60. The molecule has 1 fully saturated rings. The van der Waals surface area contributed by atoms with Crippen molar-refractivity contribution in [3.63, 3.8) is 0 Å². The number of amides is 1. The first kappa shape index (κ1) is 22.6. The van der Waals surface area contributed by atoms with Crippen LogP contribution in [0.1, 0.15) is 18.1 Å². The Morgan fingerprint density at radius 3 is 2.41 bits per heavy atom. The van der Waals surface area contributed by atoms with Gasteiger partial charge < -0.3 is 9.64 Å². The van der Waals surface area contributed by atoms with Crippen LogP contribution in [0.4, 0.5) is 11.4 Å². The van der Waals surface area contributed by atoms with Crippen LogP contribution in [-0.4, -0.2) is 29.6 Å². The van der Waals surface area contributed by atoms with Gasteiger partial charge in [0.25, 0.3) is 5.91 Å². The number of aryl methyl sites for hydroxylation is 1. The second-order valence-corrected chi connectivity index (χ2v) is 10.0. The fraction of sp³-hybridized carbons (Fsp3) is 0.185. The van der Waals surface area contributed by atoms with Gasteiger partial charge in [-0.05, 0) is 55.4 Å². The number of ether oxygens (including phenoxy) is 1. The van der Waals surface area contributed by atoms with E-state index in [-0.39, 0.29) is 5.91 Å². The number of aliphatic imine (C=N–C) groups is 1. The van der Waals surface area contributed by atoms with E-state index in [0.717, 1.165) is 39.2 Å². The average Bonchev–Trinajstić information content (AvgIpc) is 3.37. The van der Waals surface area contributed by atoms with E-state index >= 15 is 0 Å². The first-order valence-corrected chi connectivity index (χ1v) is 12.8. The predicted octanol–water partition coefficient (Wildman–Crippen LogP) is 6.57. The molecule has 2 aliphatic heterocycles. The lowest BCUT2D eigenvalue weighted by molar-refractivity contribution is -0.122. The molecule has 0 spiro atoms. The third-order valence-corrected chi connectivity index (χ3v) is 8.10. The maximum Gasteiger partial charge on any atom is 0.269 e. The highest BCUT2D eigenvalue weighted by Crippen LogP contribution is 2.51. The Labute approximate surface area is 208 Å². The summed E-state index contributed by atoms with van der Waals surface area (Å²) in [5.74, 6) is 0.794. The van der Waals surface area contributed by atoms with Gasteiger partial charge in [-0.3, -0.25) is 9.69 Å². The number of carbonyl (C=O) groups is 1. The normalized spacial score (nSPS) is 18.7. The number of benzene rings is 3. The molecule has 2 aliphatic rings. The maximum atomic E-state index is 13.8. The van der Waals surface area contributed by atoms with Crippen molar-refractivity contribution in [3.8, 4) is 5.75 Å². The molecule has 0 aliphatic carbocycles. The van der Waals surface area contributed by atoms with Gasteiger partial charge in [0.15, 0.2) is 5.17 Å². The van der Waals surface area contributed by atoms with Crippen molar-refractivity contribution in [2.45, 2.75) is 25.3 Å². The Balaban J connectivity index is 1.56. The summed E-state index contributed by atoms with van der Waals surface area (Å²) in [5, 5.41) is 1.65. The molecule has 0 N–H and O–H groups in total. The van der Waals surface area contributed by atoms with Crippen LogP contribution >= 0.6 is 23.5 Å². The quantitative estimate of drug-likeness (QED) is 0.381. The minimum Gasteiger partial charge on any atom is -0.497 e. The Morgan fingerprint density at radius 1 is 0.941 bits per heavy atom. The van der Waals surface area contributed by atoms with Crippen molar-refractivity contribution >= 4 is 46.0 Å². The van der Waals surface area contributed by atoms with Crippen LogP contribution in [0.2, 0.25) is 0 Å². The summed E-state index contributed by atoms with van der Waals surface area (Å²) in [7, 11) is 1.67. The summed E-state index contributed by atoms with van der Waals surface area (Å²) in [6.07, 6.45) is 0. The molecule has 1 saturated heterocycles. The molecule has 0 atom stereocenters. The van der Waals surface area contributed by atoms with Crippen molar-refractivity contribution < 1.29 is 9.53 Å². The number of anilines is 1. The van der Waals surface area contributed by atoms with E-state index in [2.05, 4.69) is 24.8 Å². The van der Waals surface area contributed by atoms with Gasteiger partial charge >= 0.3 is 0 Å². The number of carbonyl (C=O) groups excluding carboxylic acids is 1. The summed E-state index contributed by atoms with van der Waals surface area (Å²) < 4.78 is 5.44. The summed E-state index contributed by atoms with van der Waals surface area (Å²) in [4.78, 5) is 24.5. The van der Waals surface area contributed by atoms with E-state index in [1.807, 2.05) is 66.7 Å². The number of fused-ring (bicyclic) bond motifs is 1. The zero-order chi connectivity index (χ0) is 23.7. The highest BCUT2D eigenvalue weighted by Gasteiger charge is 2.39. The predicted molar refractivity (Wildman–Crippen MR) is 142 cm³/mol. The van der Waals surface area contributed by atoms with Crippen LogP contribution in [0, 0.1) is 6.92 Å². The van der Waals surface area contributed by atoms with Crippen LogP contribution in [0.5, 0.6) is 5.75 Å². The lowest BCUT2D eigenvalue weighted by Crippen LogP contribution is -2.29. The summed E-state index contributed by atoms with van der Waals surface area (Å²) in [6.45, 7) is 5.38. The van der Waals surface area contributed by atoms with Crippen molar-refractivity contribution in [3.05, 3.63) is 93.9 Å². The van der Waals surface area contributed by atoms with Crippen LogP contribution in [0.3, 0.4) is 0 Å². The van der Waals surface area contributed by atoms with Crippen molar-refractivity contribution in [1.82, 2.24) is 4.90 Å². The topological polar surface area (TPSA) is 45.1 Å². The Hall–Kier alpha value is -3.16. The van der Waals surface area contributed by atoms with Gasteiger partial charge in [-0.15, -0.1) is 0 Å². The van der Waals surface area contributed by atoms with Gasteiger partial charge in [0.05, 0.1) is 25.0 Å².